The van der Waals surface area contributed by atoms with Crippen molar-refractivity contribution in [2.45, 2.75) is 19.8 Å². The number of anilines is 1. The number of methoxy groups -OCH3 is 1. The molecule has 3 rings (SSSR count). The molecule has 2 aromatic rings. The van der Waals surface area contributed by atoms with Crippen molar-refractivity contribution in [3.63, 3.8) is 0 Å². The molecule has 0 unspecified atom stereocenters. The summed E-state index contributed by atoms with van der Waals surface area (Å²) in [6.45, 7) is 4.60. The molecule has 4 heteroatoms. The minimum absolute atomic E-state index is 0.775. The Kier molecular flexibility index (Phi) is 3.92. The fourth-order valence-corrected chi connectivity index (χ4v) is 3.54. The molecule has 1 aliphatic heterocycles. The summed E-state index contributed by atoms with van der Waals surface area (Å²) < 4.78 is 5.19. The summed E-state index contributed by atoms with van der Waals surface area (Å²) in [7, 11) is 1.69. The highest BCUT2D eigenvalue weighted by Gasteiger charge is 2.19. The number of aromatic nitrogens is 1. The molecule has 0 bridgehead atoms. The number of nitrogens with zero attached hydrogens (tertiary/aromatic N) is 2. The maximum Gasteiger partial charge on any atom is 0.185 e. The Bertz CT molecular complexity index is 564. The van der Waals surface area contributed by atoms with Crippen molar-refractivity contribution in [3.05, 3.63) is 29.6 Å². The quantitative estimate of drug-likeness (QED) is 0.852. The van der Waals surface area contributed by atoms with Gasteiger partial charge >= 0.3 is 0 Å². The van der Waals surface area contributed by atoms with Crippen LogP contribution < -0.4 is 9.64 Å². The van der Waals surface area contributed by atoms with Gasteiger partial charge in [0, 0.05) is 24.0 Å². The zero-order valence-electron chi connectivity index (χ0n) is 12.0. The molecule has 3 nitrogen and oxygen atoms in total. The SMILES string of the molecule is COc1ccc(-c2csc(N3CCC[C@H](C)C3)n2)cc1. The van der Waals surface area contributed by atoms with Crippen molar-refractivity contribution in [1.29, 1.82) is 0 Å². The van der Waals surface area contributed by atoms with E-state index >= 15 is 0 Å². The Labute approximate surface area is 124 Å². The normalized spacial score (nSPS) is 19.1. The maximum atomic E-state index is 5.19. The van der Waals surface area contributed by atoms with Crippen molar-refractivity contribution in [1.82, 2.24) is 4.98 Å². The maximum absolute atomic E-state index is 5.19. The third-order valence-corrected chi connectivity index (χ3v) is 4.71. The van der Waals surface area contributed by atoms with Gasteiger partial charge in [0.2, 0.25) is 0 Å². The second-order valence-electron chi connectivity index (χ2n) is 5.44. The summed E-state index contributed by atoms with van der Waals surface area (Å²) in [5, 5.41) is 3.30. The summed E-state index contributed by atoms with van der Waals surface area (Å²) in [4.78, 5) is 7.22. The molecule has 0 radical (unpaired) electrons. The van der Waals surface area contributed by atoms with E-state index in [1.54, 1.807) is 18.4 Å². The summed E-state index contributed by atoms with van der Waals surface area (Å²) in [6.07, 6.45) is 2.62. The highest BCUT2D eigenvalue weighted by Crippen LogP contribution is 2.30. The predicted molar refractivity (Wildman–Crippen MR) is 84.7 cm³/mol. The number of hydrogen-bond acceptors (Lipinski definition) is 4. The van der Waals surface area contributed by atoms with Gasteiger partial charge in [-0.2, -0.15) is 0 Å². The van der Waals surface area contributed by atoms with E-state index in [2.05, 4.69) is 29.3 Å². The van der Waals surface area contributed by atoms with E-state index in [1.807, 2.05) is 12.1 Å². The topological polar surface area (TPSA) is 25.4 Å². The van der Waals surface area contributed by atoms with E-state index in [1.165, 1.54) is 12.8 Å². The number of ether oxygens (including phenoxy) is 1. The second kappa shape index (κ2) is 5.83. The van der Waals surface area contributed by atoms with Crippen LogP contribution >= 0.6 is 11.3 Å². The average molecular weight is 288 g/mol. The van der Waals surface area contributed by atoms with Gasteiger partial charge in [-0.3, -0.25) is 0 Å². The summed E-state index contributed by atoms with van der Waals surface area (Å²) >= 11 is 1.75. The van der Waals surface area contributed by atoms with Crippen molar-refractivity contribution >= 4 is 16.5 Å². The van der Waals surface area contributed by atoms with Crippen LogP contribution in [0, 0.1) is 5.92 Å². The Morgan fingerprint density at radius 3 is 2.80 bits per heavy atom. The van der Waals surface area contributed by atoms with Crippen molar-refractivity contribution in [2.24, 2.45) is 5.92 Å². The van der Waals surface area contributed by atoms with Crippen LogP contribution in [-0.2, 0) is 0 Å². The first-order chi connectivity index (χ1) is 9.76. The van der Waals surface area contributed by atoms with Gasteiger partial charge in [-0.25, -0.2) is 4.98 Å². The second-order valence-corrected chi connectivity index (χ2v) is 6.27. The lowest BCUT2D eigenvalue weighted by Gasteiger charge is -2.30. The van der Waals surface area contributed by atoms with Crippen LogP contribution in [0.4, 0.5) is 5.13 Å². The molecular formula is C16H20N2OS. The Morgan fingerprint density at radius 2 is 2.10 bits per heavy atom. The molecule has 0 aliphatic carbocycles. The zero-order valence-corrected chi connectivity index (χ0v) is 12.8. The van der Waals surface area contributed by atoms with Gasteiger partial charge < -0.3 is 9.64 Å². The summed E-state index contributed by atoms with van der Waals surface area (Å²) in [6, 6.07) is 8.10. The number of benzene rings is 1. The fraction of sp³-hybridized carbons (Fsp3) is 0.438. The third kappa shape index (κ3) is 2.80. The van der Waals surface area contributed by atoms with Crippen LogP contribution in [0.3, 0.4) is 0 Å². The highest BCUT2D eigenvalue weighted by molar-refractivity contribution is 7.14. The number of rotatable bonds is 3. The van der Waals surface area contributed by atoms with Crippen LogP contribution in [-0.4, -0.2) is 25.2 Å². The molecule has 1 atom stereocenters. The molecule has 20 heavy (non-hydrogen) atoms. The van der Waals surface area contributed by atoms with E-state index in [9.17, 15) is 0 Å². The van der Waals surface area contributed by atoms with Gasteiger partial charge in [0.1, 0.15) is 5.75 Å². The zero-order chi connectivity index (χ0) is 13.9. The molecule has 0 N–H and O–H groups in total. The lowest BCUT2D eigenvalue weighted by Crippen LogP contribution is -2.34. The van der Waals surface area contributed by atoms with Gasteiger partial charge in [0.05, 0.1) is 12.8 Å². The van der Waals surface area contributed by atoms with Crippen LogP contribution in [0.15, 0.2) is 29.6 Å². The van der Waals surface area contributed by atoms with E-state index in [4.69, 9.17) is 9.72 Å². The Morgan fingerprint density at radius 1 is 1.30 bits per heavy atom. The monoisotopic (exact) mass is 288 g/mol. The first-order valence-electron chi connectivity index (χ1n) is 7.11. The Balaban J connectivity index is 1.78. The van der Waals surface area contributed by atoms with E-state index in [0.717, 1.165) is 41.1 Å². The summed E-state index contributed by atoms with van der Waals surface area (Å²) in [5.41, 5.74) is 2.21. The molecular weight excluding hydrogens is 268 g/mol. The van der Waals surface area contributed by atoms with Gasteiger partial charge in [-0.15, -0.1) is 11.3 Å². The van der Waals surface area contributed by atoms with E-state index in [0.29, 0.717) is 0 Å². The van der Waals surface area contributed by atoms with Crippen LogP contribution in [0.25, 0.3) is 11.3 Å². The minimum Gasteiger partial charge on any atom is -0.497 e. The van der Waals surface area contributed by atoms with Crippen LogP contribution in [0.1, 0.15) is 19.8 Å². The molecule has 1 aliphatic rings. The number of thiazole rings is 1. The lowest BCUT2D eigenvalue weighted by molar-refractivity contribution is 0.415. The van der Waals surface area contributed by atoms with Gasteiger partial charge in [0.25, 0.3) is 0 Å². The van der Waals surface area contributed by atoms with E-state index in [-0.39, 0.29) is 0 Å². The highest BCUT2D eigenvalue weighted by atomic mass is 32.1. The molecule has 0 saturated carbocycles. The Hall–Kier alpha value is -1.55. The van der Waals surface area contributed by atoms with Crippen molar-refractivity contribution in [3.8, 4) is 17.0 Å². The molecule has 1 aromatic carbocycles. The van der Waals surface area contributed by atoms with Crippen LogP contribution in [0.5, 0.6) is 5.75 Å². The largest absolute Gasteiger partial charge is 0.497 e. The molecule has 0 amide bonds. The number of piperidine rings is 1. The van der Waals surface area contributed by atoms with Crippen molar-refractivity contribution < 1.29 is 4.74 Å². The molecule has 0 spiro atoms. The first-order valence-corrected chi connectivity index (χ1v) is 7.99. The lowest BCUT2D eigenvalue weighted by atomic mass is 10.0. The van der Waals surface area contributed by atoms with Gasteiger partial charge in [0.15, 0.2) is 5.13 Å². The third-order valence-electron chi connectivity index (χ3n) is 3.81. The summed E-state index contributed by atoms with van der Waals surface area (Å²) in [5.74, 6) is 1.66. The smallest absolute Gasteiger partial charge is 0.185 e. The fourth-order valence-electron chi connectivity index (χ4n) is 2.67. The van der Waals surface area contributed by atoms with Crippen LogP contribution in [0.2, 0.25) is 0 Å². The van der Waals surface area contributed by atoms with Gasteiger partial charge in [-0.05, 0) is 43.0 Å². The molecule has 106 valence electrons. The average Bonchev–Trinajstić information content (AvgIpc) is 2.97. The number of hydrogen-bond donors (Lipinski definition) is 0. The predicted octanol–water partition coefficient (Wildman–Crippen LogP) is 4.06. The molecule has 1 fully saturated rings. The molecule has 1 saturated heterocycles. The van der Waals surface area contributed by atoms with Crippen molar-refractivity contribution in [2.75, 3.05) is 25.1 Å². The van der Waals surface area contributed by atoms with Gasteiger partial charge in [-0.1, -0.05) is 6.92 Å². The molecule has 1 aromatic heterocycles. The molecule has 2 heterocycles. The standard InChI is InChI=1S/C16H20N2OS/c1-12-4-3-9-18(10-12)16-17-15(11-20-16)13-5-7-14(19-2)8-6-13/h5-8,11-12H,3-4,9-10H2,1-2H3/t12-/m0/s1. The van der Waals surface area contributed by atoms with E-state index < -0.39 is 0 Å². The first kappa shape index (κ1) is 13.4. The minimum atomic E-state index is 0.775.